The topological polar surface area (TPSA) is 66.5 Å². The minimum absolute atomic E-state index is 0.190. The van der Waals surface area contributed by atoms with Crippen LogP contribution < -0.4 is 15.2 Å². The summed E-state index contributed by atoms with van der Waals surface area (Å²) in [4.78, 5) is 12.1. The monoisotopic (exact) mass is 414 g/mol. The Hall–Kier alpha value is -3.73. The molecule has 0 fully saturated rings. The third kappa shape index (κ3) is 4.40. The summed E-state index contributed by atoms with van der Waals surface area (Å²) in [6.07, 6.45) is 2.33. The van der Waals surface area contributed by atoms with Crippen LogP contribution in [0.4, 0.5) is 0 Å². The third-order valence-corrected chi connectivity index (χ3v) is 5.57. The molecule has 1 heterocycles. The van der Waals surface area contributed by atoms with Gasteiger partial charge in [-0.1, -0.05) is 48.5 Å². The Kier molecular flexibility index (Phi) is 5.94. The smallest absolute Gasteiger partial charge is 0.218 e. The van der Waals surface area contributed by atoms with Crippen molar-refractivity contribution in [3.05, 3.63) is 95.7 Å². The summed E-state index contributed by atoms with van der Waals surface area (Å²) >= 11 is 0. The molecule has 31 heavy (non-hydrogen) atoms. The largest absolute Gasteiger partial charge is 0.497 e. The highest BCUT2D eigenvalue weighted by atomic mass is 16.5. The van der Waals surface area contributed by atoms with E-state index in [0.717, 1.165) is 28.6 Å². The van der Waals surface area contributed by atoms with Gasteiger partial charge in [-0.25, -0.2) is 0 Å². The van der Waals surface area contributed by atoms with Gasteiger partial charge in [-0.3, -0.25) is 4.79 Å². The standard InChI is InChI=1S/C26H26N2O3/c1-30-20-12-19(13-21(14-20)31-2)23(15-26(27)29)24-17-28(16-18-8-4-3-5-9-18)25-11-7-6-10-22(24)25/h3-14,17,23H,15-16H2,1-2H3,(H2,27,29)/t23-/m0/s1. The quantitative estimate of drug-likeness (QED) is 0.454. The maximum Gasteiger partial charge on any atom is 0.218 e. The maximum atomic E-state index is 12.1. The van der Waals surface area contributed by atoms with Crippen LogP contribution in [0.1, 0.15) is 29.0 Å². The van der Waals surface area contributed by atoms with Crippen LogP contribution in [0.5, 0.6) is 11.5 Å². The van der Waals surface area contributed by atoms with E-state index in [1.54, 1.807) is 14.2 Å². The molecule has 0 bridgehead atoms. The lowest BCUT2D eigenvalue weighted by Gasteiger charge is -2.18. The first-order valence-corrected chi connectivity index (χ1v) is 10.2. The highest BCUT2D eigenvalue weighted by Gasteiger charge is 2.23. The molecule has 4 aromatic rings. The number of nitrogens with two attached hydrogens (primary N) is 1. The van der Waals surface area contributed by atoms with Crippen molar-refractivity contribution in [1.29, 1.82) is 0 Å². The summed E-state index contributed by atoms with van der Waals surface area (Å²) in [6, 6.07) is 24.3. The number of fused-ring (bicyclic) bond motifs is 1. The molecule has 1 aromatic heterocycles. The number of ether oxygens (including phenoxy) is 2. The van der Waals surface area contributed by atoms with Crippen LogP contribution in [0.2, 0.25) is 0 Å². The molecule has 0 saturated carbocycles. The number of hydrogen-bond acceptors (Lipinski definition) is 3. The molecule has 2 N–H and O–H groups in total. The van der Waals surface area contributed by atoms with Crippen LogP contribution in [0.25, 0.3) is 10.9 Å². The van der Waals surface area contributed by atoms with E-state index in [1.165, 1.54) is 5.56 Å². The molecule has 0 aliphatic heterocycles. The Bertz CT molecular complexity index is 1180. The van der Waals surface area contributed by atoms with E-state index in [-0.39, 0.29) is 18.2 Å². The van der Waals surface area contributed by atoms with Crippen molar-refractivity contribution >= 4 is 16.8 Å². The average Bonchev–Trinajstić information content (AvgIpc) is 3.15. The minimum atomic E-state index is -0.355. The van der Waals surface area contributed by atoms with Gasteiger partial charge in [-0.05, 0) is 34.9 Å². The molecule has 5 nitrogen and oxygen atoms in total. The number of aromatic nitrogens is 1. The number of carbonyl (C=O) groups excluding carboxylic acids is 1. The van der Waals surface area contributed by atoms with Crippen molar-refractivity contribution in [1.82, 2.24) is 4.57 Å². The van der Waals surface area contributed by atoms with Gasteiger partial charge in [0.05, 0.1) is 14.2 Å². The normalized spacial score (nSPS) is 11.9. The molecule has 0 spiro atoms. The number of rotatable bonds is 8. The molecule has 1 atom stereocenters. The molecule has 158 valence electrons. The van der Waals surface area contributed by atoms with Crippen LogP contribution >= 0.6 is 0 Å². The van der Waals surface area contributed by atoms with Gasteiger partial charge in [0, 0.05) is 42.0 Å². The fourth-order valence-electron chi connectivity index (χ4n) is 4.10. The highest BCUT2D eigenvalue weighted by molar-refractivity contribution is 5.86. The number of primary amides is 1. The first kappa shape index (κ1) is 20.5. The van der Waals surface area contributed by atoms with E-state index in [2.05, 4.69) is 35.0 Å². The van der Waals surface area contributed by atoms with Crippen LogP contribution in [-0.4, -0.2) is 24.7 Å². The Morgan fingerprint density at radius 1 is 0.935 bits per heavy atom. The molecular formula is C26H26N2O3. The lowest BCUT2D eigenvalue weighted by molar-refractivity contribution is -0.118. The van der Waals surface area contributed by atoms with Crippen LogP contribution in [0.3, 0.4) is 0 Å². The Labute approximate surface area is 182 Å². The fourth-order valence-corrected chi connectivity index (χ4v) is 4.10. The van der Waals surface area contributed by atoms with Gasteiger partial charge in [0.1, 0.15) is 11.5 Å². The first-order valence-electron chi connectivity index (χ1n) is 10.2. The first-order chi connectivity index (χ1) is 15.1. The molecule has 1 amide bonds. The van der Waals surface area contributed by atoms with Gasteiger partial charge in [-0.2, -0.15) is 0 Å². The number of nitrogens with zero attached hydrogens (tertiary/aromatic N) is 1. The zero-order valence-corrected chi connectivity index (χ0v) is 17.7. The summed E-state index contributed by atoms with van der Waals surface area (Å²) in [5.74, 6) is 0.781. The number of benzene rings is 3. The van der Waals surface area contributed by atoms with E-state index in [4.69, 9.17) is 15.2 Å². The average molecular weight is 415 g/mol. The highest BCUT2D eigenvalue weighted by Crippen LogP contribution is 2.38. The lowest BCUT2D eigenvalue weighted by atomic mass is 9.87. The van der Waals surface area contributed by atoms with E-state index in [9.17, 15) is 4.79 Å². The molecule has 0 unspecified atom stereocenters. The summed E-state index contributed by atoms with van der Waals surface area (Å²) in [7, 11) is 3.24. The lowest BCUT2D eigenvalue weighted by Crippen LogP contribution is -2.16. The summed E-state index contributed by atoms with van der Waals surface area (Å²) < 4.78 is 13.1. The Balaban J connectivity index is 1.86. The number of carbonyl (C=O) groups is 1. The van der Waals surface area contributed by atoms with Gasteiger partial charge in [-0.15, -0.1) is 0 Å². The van der Waals surface area contributed by atoms with Gasteiger partial charge >= 0.3 is 0 Å². The second kappa shape index (κ2) is 8.96. The van der Waals surface area contributed by atoms with E-state index in [1.807, 2.05) is 48.5 Å². The molecule has 3 aromatic carbocycles. The van der Waals surface area contributed by atoms with E-state index in [0.29, 0.717) is 11.5 Å². The minimum Gasteiger partial charge on any atom is -0.497 e. The van der Waals surface area contributed by atoms with E-state index < -0.39 is 0 Å². The fraction of sp³-hybridized carbons (Fsp3) is 0.192. The van der Waals surface area contributed by atoms with Gasteiger partial charge in [0.25, 0.3) is 0 Å². The predicted octanol–water partition coefficient (Wildman–Crippen LogP) is 4.71. The summed E-state index contributed by atoms with van der Waals surface area (Å²) in [6.45, 7) is 0.742. The van der Waals surface area contributed by atoms with Crippen molar-refractivity contribution in [2.75, 3.05) is 14.2 Å². The van der Waals surface area contributed by atoms with E-state index >= 15 is 0 Å². The number of amides is 1. The zero-order valence-electron chi connectivity index (χ0n) is 17.7. The van der Waals surface area contributed by atoms with Crippen LogP contribution in [0, 0.1) is 0 Å². The molecule has 4 rings (SSSR count). The zero-order chi connectivity index (χ0) is 21.8. The van der Waals surface area contributed by atoms with Gasteiger partial charge < -0.3 is 19.8 Å². The van der Waals surface area contributed by atoms with Crippen molar-refractivity contribution in [2.45, 2.75) is 18.9 Å². The van der Waals surface area contributed by atoms with Crippen molar-refractivity contribution in [2.24, 2.45) is 5.73 Å². The maximum absolute atomic E-state index is 12.1. The molecule has 0 saturated heterocycles. The second-order valence-electron chi connectivity index (χ2n) is 7.58. The van der Waals surface area contributed by atoms with Gasteiger partial charge in [0.15, 0.2) is 0 Å². The van der Waals surface area contributed by atoms with Crippen LogP contribution in [-0.2, 0) is 11.3 Å². The summed E-state index contributed by atoms with van der Waals surface area (Å²) in [5, 5.41) is 1.10. The van der Waals surface area contributed by atoms with Gasteiger partial charge in [0.2, 0.25) is 5.91 Å². The Morgan fingerprint density at radius 2 is 1.58 bits per heavy atom. The molecule has 0 aliphatic rings. The van der Waals surface area contributed by atoms with Crippen LogP contribution in [0.15, 0.2) is 79.0 Å². The summed E-state index contributed by atoms with van der Waals surface area (Å²) in [5.41, 5.74) is 9.99. The third-order valence-electron chi connectivity index (χ3n) is 5.57. The second-order valence-corrected chi connectivity index (χ2v) is 7.58. The Morgan fingerprint density at radius 3 is 2.23 bits per heavy atom. The number of hydrogen-bond donors (Lipinski definition) is 1. The molecular weight excluding hydrogens is 388 g/mol. The van der Waals surface area contributed by atoms with Crippen molar-refractivity contribution in [3.63, 3.8) is 0 Å². The van der Waals surface area contributed by atoms with Crippen molar-refractivity contribution < 1.29 is 14.3 Å². The predicted molar refractivity (Wildman–Crippen MR) is 123 cm³/mol. The molecule has 5 heteroatoms. The molecule has 0 aliphatic carbocycles. The van der Waals surface area contributed by atoms with Crippen molar-refractivity contribution in [3.8, 4) is 11.5 Å². The molecule has 0 radical (unpaired) electrons. The number of methoxy groups -OCH3 is 2. The number of para-hydroxylation sites is 1. The SMILES string of the molecule is COc1cc(OC)cc([C@H](CC(N)=O)c2cn(Cc3ccccc3)c3ccccc23)c1.